The number of carbonyl (C=O) groups is 2. The first-order valence-corrected chi connectivity index (χ1v) is 9.28. The SMILES string of the molecule is Cc1cc(C)cc(C(=O)N2CCC[C@H](C(=O)Nc3ccc(F)cc3C)C2)c1. The van der Waals surface area contributed by atoms with Gasteiger partial charge in [-0.2, -0.15) is 0 Å². The molecule has 142 valence electrons. The van der Waals surface area contributed by atoms with Gasteiger partial charge in [-0.15, -0.1) is 0 Å². The zero-order valence-electron chi connectivity index (χ0n) is 16.0. The number of hydrogen-bond donors (Lipinski definition) is 1. The summed E-state index contributed by atoms with van der Waals surface area (Å²) < 4.78 is 13.2. The van der Waals surface area contributed by atoms with Crippen molar-refractivity contribution < 1.29 is 14.0 Å². The highest BCUT2D eigenvalue weighted by atomic mass is 19.1. The summed E-state index contributed by atoms with van der Waals surface area (Å²) in [6.45, 7) is 6.76. The van der Waals surface area contributed by atoms with Gasteiger partial charge in [0.1, 0.15) is 5.82 Å². The molecule has 5 heteroatoms. The minimum atomic E-state index is -0.326. The quantitative estimate of drug-likeness (QED) is 0.881. The molecule has 2 amide bonds. The summed E-state index contributed by atoms with van der Waals surface area (Å²) >= 11 is 0. The first kappa shape index (κ1) is 19.1. The number of anilines is 1. The molecule has 0 aliphatic carbocycles. The second-order valence-corrected chi connectivity index (χ2v) is 7.42. The Labute approximate surface area is 159 Å². The van der Waals surface area contributed by atoms with Crippen LogP contribution in [0.5, 0.6) is 0 Å². The highest BCUT2D eigenvalue weighted by Crippen LogP contribution is 2.23. The van der Waals surface area contributed by atoms with Crippen LogP contribution < -0.4 is 5.32 Å². The number of carbonyl (C=O) groups excluding carboxylic acids is 2. The van der Waals surface area contributed by atoms with Crippen LogP contribution in [0.25, 0.3) is 0 Å². The first-order chi connectivity index (χ1) is 12.8. The highest BCUT2D eigenvalue weighted by Gasteiger charge is 2.29. The molecule has 1 saturated heterocycles. The van der Waals surface area contributed by atoms with E-state index in [2.05, 4.69) is 5.32 Å². The van der Waals surface area contributed by atoms with Gasteiger partial charge in [-0.3, -0.25) is 9.59 Å². The molecular weight excluding hydrogens is 343 g/mol. The maximum Gasteiger partial charge on any atom is 0.253 e. The summed E-state index contributed by atoms with van der Waals surface area (Å²) in [7, 11) is 0. The lowest BCUT2D eigenvalue weighted by atomic mass is 9.95. The number of hydrogen-bond acceptors (Lipinski definition) is 2. The third-order valence-electron chi connectivity index (χ3n) is 4.99. The standard InChI is InChI=1S/C22H25FN2O2/c1-14-9-15(2)11-18(10-14)22(27)25-8-4-5-17(13-25)21(26)24-20-7-6-19(23)12-16(20)3/h6-7,9-12,17H,4-5,8,13H2,1-3H3,(H,24,26)/t17-/m0/s1. The molecule has 0 bridgehead atoms. The van der Waals surface area contributed by atoms with Crippen LogP contribution in [0.4, 0.5) is 10.1 Å². The van der Waals surface area contributed by atoms with Crippen molar-refractivity contribution in [2.75, 3.05) is 18.4 Å². The molecule has 27 heavy (non-hydrogen) atoms. The van der Waals surface area contributed by atoms with E-state index in [4.69, 9.17) is 0 Å². The number of halogens is 1. The average molecular weight is 368 g/mol. The van der Waals surface area contributed by atoms with Gasteiger partial charge in [0.05, 0.1) is 5.92 Å². The summed E-state index contributed by atoms with van der Waals surface area (Å²) in [5.74, 6) is -0.744. The third kappa shape index (κ3) is 4.54. The van der Waals surface area contributed by atoms with Crippen molar-refractivity contribution in [3.05, 3.63) is 64.5 Å². The molecule has 3 rings (SSSR count). The van der Waals surface area contributed by atoms with E-state index in [0.29, 0.717) is 29.9 Å². The Hall–Kier alpha value is -2.69. The van der Waals surface area contributed by atoms with Crippen LogP contribution in [0.15, 0.2) is 36.4 Å². The van der Waals surface area contributed by atoms with Crippen molar-refractivity contribution in [2.24, 2.45) is 5.92 Å². The molecule has 0 aromatic heterocycles. The summed E-state index contributed by atoms with van der Waals surface area (Å²) in [5, 5.41) is 2.88. The van der Waals surface area contributed by atoms with Crippen molar-refractivity contribution in [3.8, 4) is 0 Å². The molecule has 2 aromatic rings. The fourth-order valence-electron chi connectivity index (χ4n) is 3.66. The molecule has 4 nitrogen and oxygen atoms in total. The van der Waals surface area contributed by atoms with Crippen LogP contribution in [0.1, 0.15) is 39.9 Å². The smallest absolute Gasteiger partial charge is 0.253 e. The molecule has 0 spiro atoms. The fourth-order valence-corrected chi connectivity index (χ4v) is 3.66. The molecule has 2 aromatic carbocycles. The molecule has 1 fully saturated rings. The van der Waals surface area contributed by atoms with E-state index in [9.17, 15) is 14.0 Å². The van der Waals surface area contributed by atoms with Gasteiger partial charge in [-0.1, -0.05) is 17.2 Å². The van der Waals surface area contributed by atoms with Gasteiger partial charge < -0.3 is 10.2 Å². The number of likely N-dealkylation sites (tertiary alicyclic amines) is 1. The van der Waals surface area contributed by atoms with Gasteiger partial charge in [0.15, 0.2) is 0 Å². The first-order valence-electron chi connectivity index (χ1n) is 9.28. The van der Waals surface area contributed by atoms with Gasteiger partial charge in [-0.25, -0.2) is 4.39 Å². The van der Waals surface area contributed by atoms with Crippen LogP contribution in [-0.4, -0.2) is 29.8 Å². The van der Waals surface area contributed by atoms with Crippen LogP contribution in [0, 0.1) is 32.5 Å². The molecule has 0 radical (unpaired) electrons. The van der Waals surface area contributed by atoms with Crippen LogP contribution >= 0.6 is 0 Å². The Bertz CT molecular complexity index is 858. The van der Waals surface area contributed by atoms with E-state index in [0.717, 1.165) is 24.0 Å². The zero-order valence-corrected chi connectivity index (χ0v) is 16.0. The predicted molar refractivity (Wildman–Crippen MR) is 104 cm³/mol. The Morgan fingerprint density at radius 3 is 2.44 bits per heavy atom. The van der Waals surface area contributed by atoms with E-state index in [1.54, 1.807) is 17.9 Å². The maximum absolute atomic E-state index is 13.2. The van der Waals surface area contributed by atoms with Crippen LogP contribution in [0.3, 0.4) is 0 Å². The number of nitrogens with zero attached hydrogens (tertiary/aromatic N) is 1. The van der Waals surface area contributed by atoms with Gasteiger partial charge in [-0.05, 0) is 69.5 Å². The van der Waals surface area contributed by atoms with Gasteiger partial charge in [0, 0.05) is 24.3 Å². The lowest BCUT2D eigenvalue weighted by Crippen LogP contribution is -2.43. The monoisotopic (exact) mass is 368 g/mol. The predicted octanol–water partition coefficient (Wildman–Crippen LogP) is 4.24. The largest absolute Gasteiger partial charge is 0.338 e. The van der Waals surface area contributed by atoms with Crippen LogP contribution in [-0.2, 0) is 4.79 Å². The average Bonchev–Trinajstić information content (AvgIpc) is 2.62. The van der Waals surface area contributed by atoms with Gasteiger partial charge in [0.25, 0.3) is 5.91 Å². The number of rotatable bonds is 3. The fraction of sp³-hybridized carbons (Fsp3) is 0.364. The van der Waals surface area contributed by atoms with Crippen molar-refractivity contribution in [1.29, 1.82) is 0 Å². The van der Waals surface area contributed by atoms with Crippen LogP contribution in [0.2, 0.25) is 0 Å². The molecule has 1 N–H and O–H groups in total. The van der Waals surface area contributed by atoms with E-state index < -0.39 is 0 Å². The van der Waals surface area contributed by atoms with E-state index in [-0.39, 0.29) is 23.5 Å². The summed E-state index contributed by atoms with van der Waals surface area (Å²) in [6.07, 6.45) is 1.53. The summed E-state index contributed by atoms with van der Waals surface area (Å²) in [5.41, 5.74) is 4.07. The molecule has 1 heterocycles. The summed E-state index contributed by atoms with van der Waals surface area (Å²) in [6, 6.07) is 10.1. The lowest BCUT2D eigenvalue weighted by molar-refractivity contribution is -0.121. The van der Waals surface area contributed by atoms with E-state index >= 15 is 0 Å². The van der Waals surface area contributed by atoms with Gasteiger partial charge >= 0.3 is 0 Å². The minimum absolute atomic E-state index is 0.0303. The van der Waals surface area contributed by atoms with Gasteiger partial charge in [0.2, 0.25) is 5.91 Å². The van der Waals surface area contributed by atoms with E-state index in [1.807, 2.05) is 32.0 Å². The van der Waals surface area contributed by atoms with Crippen molar-refractivity contribution in [3.63, 3.8) is 0 Å². The maximum atomic E-state index is 13.2. The molecule has 1 aliphatic heterocycles. The van der Waals surface area contributed by atoms with Crippen molar-refractivity contribution in [1.82, 2.24) is 4.90 Å². The Kier molecular flexibility index (Phi) is 5.59. The topological polar surface area (TPSA) is 49.4 Å². The molecular formula is C22H25FN2O2. The minimum Gasteiger partial charge on any atom is -0.338 e. The third-order valence-corrected chi connectivity index (χ3v) is 4.99. The van der Waals surface area contributed by atoms with Crippen molar-refractivity contribution in [2.45, 2.75) is 33.6 Å². The normalized spacial score (nSPS) is 16.9. The van der Waals surface area contributed by atoms with Crippen molar-refractivity contribution >= 4 is 17.5 Å². The number of aryl methyl sites for hydroxylation is 3. The molecule has 0 saturated carbocycles. The Morgan fingerprint density at radius 1 is 1.07 bits per heavy atom. The number of nitrogens with one attached hydrogen (secondary N) is 1. The molecule has 1 atom stereocenters. The zero-order chi connectivity index (χ0) is 19.6. The number of piperidine rings is 1. The second-order valence-electron chi connectivity index (χ2n) is 7.42. The second kappa shape index (κ2) is 7.91. The highest BCUT2D eigenvalue weighted by molar-refractivity contribution is 5.96. The van der Waals surface area contributed by atoms with E-state index in [1.165, 1.54) is 12.1 Å². The number of benzene rings is 2. The lowest BCUT2D eigenvalue weighted by Gasteiger charge is -2.32. The Balaban J connectivity index is 1.69. The summed E-state index contributed by atoms with van der Waals surface area (Å²) in [4.78, 5) is 27.3. The molecule has 0 unspecified atom stereocenters. The Morgan fingerprint density at radius 2 is 1.78 bits per heavy atom. The molecule has 1 aliphatic rings. The number of amides is 2.